The highest BCUT2D eigenvalue weighted by Gasteiger charge is 2.29. The number of aromatic nitrogens is 2. The highest BCUT2D eigenvalue weighted by molar-refractivity contribution is 7.22. The van der Waals surface area contributed by atoms with E-state index in [0.717, 1.165) is 57.5 Å². The molecule has 0 saturated heterocycles. The normalized spacial score (nSPS) is 14.2. The SMILES string of the molecule is Cc1ccc2nc(NC(=O)C(C)OC(=O)c3c4c(nc5ccccc35)CCN(Cc3ccccc3)C4)sc2c1. The van der Waals surface area contributed by atoms with Crippen molar-refractivity contribution >= 4 is 49.5 Å². The molecule has 1 N–H and O–H groups in total. The molecule has 6 rings (SSSR count). The van der Waals surface area contributed by atoms with Gasteiger partial charge in [-0.1, -0.05) is 65.9 Å². The van der Waals surface area contributed by atoms with Gasteiger partial charge in [0.1, 0.15) is 0 Å². The maximum atomic E-state index is 13.7. The van der Waals surface area contributed by atoms with Gasteiger partial charge in [0.05, 0.1) is 21.3 Å². The molecule has 3 aromatic carbocycles. The van der Waals surface area contributed by atoms with Crippen LogP contribution in [0.2, 0.25) is 0 Å². The number of amides is 1. The lowest BCUT2D eigenvalue weighted by Crippen LogP contribution is -2.34. The van der Waals surface area contributed by atoms with Crippen molar-refractivity contribution in [1.82, 2.24) is 14.9 Å². The molecule has 196 valence electrons. The van der Waals surface area contributed by atoms with Crippen LogP contribution < -0.4 is 5.32 Å². The Morgan fingerprint density at radius 1 is 1.03 bits per heavy atom. The molecule has 39 heavy (non-hydrogen) atoms. The summed E-state index contributed by atoms with van der Waals surface area (Å²) in [4.78, 5) is 38.3. The van der Waals surface area contributed by atoms with Crippen molar-refractivity contribution in [2.45, 2.75) is 39.5 Å². The summed E-state index contributed by atoms with van der Waals surface area (Å²) in [5.74, 6) is -0.939. The number of nitrogens with one attached hydrogen (secondary N) is 1. The number of hydrogen-bond acceptors (Lipinski definition) is 7. The van der Waals surface area contributed by atoms with Crippen LogP contribution in [0, 0.1) is 6.92 Å². The number of thiazole rings is 1. The third kappa shape index (κ3) is 5.26. The van der Waals surface area contributed by atoms with Gasteiger partial charge in [-0.2, -0.15) is 0 Å². The first-order valence-corrected chi connectivity index (χ1v) is 13.8. The molecule has 0 spiro atoms. The molecule has 1 aliphatic heterocycles. The van der Waals surface area contributed by atoms with E-state index in [0.29, 0.717) is 17.2 Å². The van der Waals surface area contributed by atoms with Gasteiger partial charge in [0, 0.05) is 42.7 Å². The number of carbonyl (C=O) groups excluding carboxylic acids is 2. The summed E-state index contributed by atoms with van der Waals surface area (Å²) in [7, 11) is 0. The van der Waals surface area contributed by atoms with Crippen LogP contribution in [0.4, 0.5) is 5.13 Å². The molecule has 1 aliphatic rings. The van der Waals surface area contributed by atoms with Gasteiger partial charge in [-0.05, 0) is 43.2 Å². The Kier molecular flexibility index (Phi) is 6.81. The van der Waals surface area contributed by atoms with Gasteiger partial charge in [0.15, 0.2) is 11.2 Å². The lowest BCUT2D eigenvalue weighted by Gasteiger charge is -2.30. The van der Waals surface area contributed by atoms with Crippen molar-refractivity contribution < 1.29 is 14.3 Å². The molecule has 1 unspecified atom stereocenters. The van der Waals surface area contributed by atoms with Crippen molar-refractivity contribution in [1.29, 1.82) is 0 Å². The number of hydrogen-bond donors (Lipinski definition) is 1. The molecule has 0 radical (unpaired) electrons. The minimum atomic E-state index is -1.00. The fourth-order valence-corrected chi connectivity index (χ4v) is 5.99. The molecule has 1 amide bonds. The Labute approximate surface area is 230 Å². The molecule has 0 aliphatic carbocycles. The topological polar surface area (TPSA) is 84.4 Å². The molecule has 8 heteroatoms. The maximum Gasteiger partial charge on any atom is 0.339 e. The number of benzene rings is 3. The van der Waals surface area contributed by atoms with Gasteiger partial charge in [-0.15, -0.1) is 0 Å². The lowest BCUT2D eigenvalue weighted by molar-refractivity contribution is -0.123. The quantitative estimate of drug-likeness (QED) is 0.272. The summed E-state index contributed by atoms with van der Waals surface area (Å²) >= 11 is 1.40. The zero-order valence-corrected chi connectivity index (χ0v) is 22.6. The molecule has 2 aromatic heterocycles. The highest BCUT2D eigenvalue weighted by atomic mass is 32.1. The van der Waals surface area contributed by atoms with Crippen molar-refractivity contribution in [2.75, 3.05) is 11.9 Å². The molecule has 0 saturated carbocycles. The van der Waals surface area contributed by atoms with E-state index in [9.17, 15) is 9.59 Å². The molecule has 0 bridgehead atoms. The first-order valence-electron chi connectivity index (χ1n) is 13.0. The molecule has 5 aromatic rings. The number of esters is 1. The predicted octanol–water partition coefficient (Wildman–Crippen LogP) is 5.90. The second-order valence-corrected chi connectivity index (χ2v) is 10.9. The number of rotatable bonds is 6. The largest absolute Gasteiger partial charge is 0.449 e. The number of pyridine rings is 1. The Hall–Kier alpha value is -4.14. The Morgan fingerprint density at radius 3 is 2.67 bits per heavy atom. The van der Waals surface area contributed by atoms with Crippen LogP contribution in [0.15, 0.2) is 72.8 Å². The number of aryl methyl sites for hydroxylation is 1. The fraction of sp³-hybridized carbons (Fsp3) is 0.226. The van der Waals surface area contributed by atoms with E-state index in [1.54, 1.807) is 6.92 Å². The standard InChI is InChI=1S/C31H28N4O3S/c1-19-12-13-26-27(16-19)39-31(33-26)34-29(36)20(2)38-30(37)28-22-10-6-7-11-24(22)32-25-14-15-35(18-23(25)28)17-21-8-4-3-5-9-21/h3-13,16,20H,14-15,17-18H2,1-2H3,(H,33,34,36). The van der Waals surface area contributed by atoms with Crippen LogP contribution in [0.3, 0.4) is 0 Å². The number of para-hydroxylation sites is 1. The molecule has 3 heterocycles. The second kappa shape index (κ2) is 10.6. The number of ether oxygens (including phenoxy) is 1. The lowest BCUT2D eigenvalue weighted by atomic mass is 9.95. The van der Waals surface area contributed by atoms with Crippen LogP contribution in [0.5, 0.6) is 0 Å². The van der Waals surface area contributed by atoms with Crippen LogP contribution in [0.1, 0.15) is 39.7 Å². The number of nitrogens with zero attached hydrogens (tertiary/aromatic N) is 3. The van der Waals surface area contributed by atoms with E-state index in [1.807, 2.05) is 67.6 Å². The van der Waals surface area contributed by atoms with Crippen LogP contribution in [-0.4, -0.2) is 39.4 Å². The summed E-state index contributed by atoms with van der Waals surface area (Å²) in [5.41, 5.74) is 6.18. The molecular formula is C31H28N4O3S. The van der Waals surface area contributed by atoms with Crippen molar-refractivity contribution in [3.8, 4) is 0 Å². The second-order valence-electron chi connectivity index (χ2n) is 9.90. The minimum absolute atomic E-state index is 0.419. The van der Waals surface area contributed by atoms with Gasteiger partial charge in [-0.3, -0.25) is 20.0 Å². The Balaban J connectivity index is 1.24. The third-order valence-corrected chi connectivity index (χ3v) is 7.94. The van der Waals surface area contributed by atoms with Crippen molar-refractivity contribution in [3.63, 3.8) is 0 Å². The fourth-order valence-electron chi connectivity index (χ4n) is 5.02. The van der Waals surface area contributed by atoms with Gasteiger partial charge >= 0.3 is 5.97 Å². The number of carbonyl (C=O) groups is 2. The summed E-state index contributed by atoms with van der Waals surface area (Å²) in [5, 5.41) is 4.02. The third-order valence-electron chi connectivity index (χ3n) is 7.01. The highest BCUT2D eigenvalue weighted by Crippen LogP contribution is 2.30. The van der Waals surface area contributed by atoms with Gasteiger partial charge < -0.3 is 4.74 Å². The summed E-state index contributed by atoms with van der Waals surface area (Å²) in [6.45, 7) is 5.81. The van der Waals surface area contributed by atoms with Gasteiger partial charge in [0.25, 0.3) is 5.91 Å². The first kappa shape index (κ1) is 25.2. The van der Waals surface area contributed by atoms with E-state index in [2.05, 4.69) is 27.3 Å². The van der Waals surface area contributed by atoms with Crippen molar-refractivity contribution in [2.24, 2.45) is 0 Å². The van der Waals surface area contributed by atoms with Crippen LogP contribution >= 0.6 is 11.3 Å². The molecule has 7 nitrogen and oxygen atoms in total. The zero-order valence-electron chi connectivity index (χ0n) is 21.8. The Bertz CT molecular complexity index is 1700. The number of fused-ring (bicyclic) bond motifs is 3. The molecule has 0 fully saturated rings. The monoisotopic (exact) mass is 536 g/mol. The summed E-state index contributed by atoms with van der Waals surface area (Å²) in [6.07, 6.45) is -0.265. The maximum absolute atomic E-state index is 13.7. The smallest absolute Gasteiger partial charge is 0.339 e. The summed E-state index contributed by atoms with van der Waals surface area (Å²) < 4.78 is 6.76. The van der Waals surface area contributed by atoms with Crippen LogP contribution in [0.25, 0.3) is 21.1 Å². The van der Waals surface area contributed by atoms with E-state index in [4.69, 9.17) is 9.72 Å². The number of anilines is 1. The van der Waals surface area contributed by atoms with E-state index >= 15 is 0 Å². The zero-order chi connectivity index (χ0) is 26.9. The van der Waals surface area contributed by atoms with Crippen LogP contribution in [-0.2, 0) is 29.0 Å². The average Bonchev–Trinajstić information content (AvgIpc) is 3.33. The average molecular weight is 537 g/mol. The van der Waals surface area contributed by atoms with E-state index in [1.165, 1.54) is 16.9 Å². The minimum Gasteiger partial charge on any atom is -0.449 e. The van der Waals surface area contributed by atoms with Crippen molar-refractivity contribution in [3.05, 3.63) is 101 Å². The van der Waals surface area contributed by atoms with Gasteiger partial charge in [-0.25, -0.2) is 9.78 Å². The Morgan fingerprint density at radius 2 is 1.82 bits per heavy atom. The van der Waals surface area contributed by atoms with E-state index < -0.39 is 18.0 Å². The van der Waals surface area contributed by atoms with E-state index in [-0.39, 0.29) is 0 Å². The predicted molar refractivity (Wildman–Crippen MR) is 154 cm³/mol. The summed E-state index contributed by atoms with van der Waals surface area (Å²) in [6, 6.07) is 23.8. The first-order chi connectivity index (χ1) is 18.9. The molecule has 1 atom stereocenters. The molecular weight excluding hydrogens is 508 g/mol. The van der Waals surface area contributed by atoms with Gasteiger partial charge in [0.2, 0.25) is 0 Å².